The molecule has 0 atom stereocenters. The maximum absolute atomic E-state index is 13.6. The number of piperazine rings is 1. The number of alkyl halides is 3. The first kappa shape index (κ1) is 24.0. The van der Waals surface area contributed by atoms with E-state index in [1.165, 1.54) is 12.1 Å². The van der Waals surface area contributed by atoms with Crippen LogP contribution in [0.3, 0.4) is 0 Å². The first-order valence-corrected chi connectivity index (χ1v) is 11.8. The molecule has 1 aliphatic heterocycles. The van der Waals surface area contributed by atoms with Gasteiger partial charge in [0.1, 0.15) is 0 Å². The van der Waals surface area contributed by atoms with Crippen LogP contribution in [0.1, 0.15) is 27.2 Å². The van der Waals surface area contributed by atoms with Crippen LogP contribution in [0, 0.1) is 6.92 Å². The number of aryl methyl sites for hydroxylation is 2. The van der Waals surface area contributed by atoms with Crippen LogP contribution in [-0.2, 0) is 19.8 Å². The fraction of sp³-hybridized carbons (Fsp3) is 0.296. The number of carbonyl (C=O) groups excluding carboxylic acids is 1. The Morgan fingerprint density at radius 3 is 2.44 bits per heavy atom. The lowest BCUT2D eigenvalue weighted by Crippen LogP contribution is -2.48. The third-order valence-electron chi connectivity index (χ3n) is 6.56. The number of halogens is 3. The van der Waals surface area contributed by atoms with Crippen LogP contribution in [0.2, 0.25) is 0 Å². The van der Waals surface area contributed by atoms with Gasteiger partial charge in [0.05, 0.1) is 28.0 Å². The molecule has 0 radical (unpaired) electrons. The molecule has 5 rings (SSSR count). The number of hydrogen-bond acceptors (Lipinski definition) is 4. The number of aromatic nitrogens is 3. The third-order valence-corrected chi connectivity index (χ3v) is 6.56. The Labute approximate surface area is 207 Å². The quantitative estimate of drug-likeness (QED) is 0.405. The minimum atomic E-state index is -4.36. The molecule has 0 spiro atoms. The number of hydrogen-bond donors (Lipinski definition) is 0. The van der Waals surface area contributed by atoms with E-state index >= 15 is 0 Å². The fourth-order valence-electron chi connectivity index (χ4n) is 4.73. The van der Waals surface area contributed by atoms with E-state index in [0.717, 1.165) is 28.2 Å². The van der Waals surface area contributed by atoms with Crippen molar-refractivity contribution in [2.45, 2.75) is 19.6 Å². The first-order chi connectivity index (χ1) is 17.2. The van der Waals surface area contributed by atoms with Gasteiger partial charge in [-0.25, -0.2) is 4.98 Å². The van der Waals surface area contributed by atoms with Crippen molar-refractivity contribution in [3.63, 3.8) is 0 Å². The molecule has 2 aromatic carbocycles. The molecule has 1 aliphatic rings. The number of fused-ring (bicyclic) bond motifs is 1. The molecule has 1 saturated heterocycles. The highest BCUT2D eigenvalue weighted by Gasteiger charge is 2.31. The van der Waals surface area contributed by atoms with Crippen molar-refractivity contribution in [3.8, 4) is 11.3 Å². The highest BCUT2D eigenvalue weighted by molar-refractivity contribution is 6.07. The van der Waals surface area contributed by atoms with Crippen LogP contribution < -0.4 is 0 Å². The minimum absolute atomic E-state index is 0.0740. The van der Waals surface area contributed by atoms with Gasteiger partial charge in [0.15, 0.2) is 0 Å². The summed E-state index contributed by atoms with van der Waals surface area (Å²) in [6.45, 7) is 4.48. The number of amides is 1. The van der Waals surface area contributed by atoms with E-state index in [0.29, 0.717) is 49.5 Å². The van der Waals surface area contributed by atoms with Crippen LogP contribution in [0.5, 0.6) is 0 Å². The molecule has 3 heterocycles. The molecule has 1 fully saturated rings. The summed E-state index contributed by atoms with van der Waals surface area (Å²) >= 11 is 0. The minimum Gasteiger partial charge on any atom is -0.336 e. The summed E-state index contributed by atoms with van der Waals surface area (Å²) in [5, 5.41) is 5.20. The number of pyridine rings is 1. The van der Waals surface area contributed by atoms with Crippen molar-refractivity contribution in [2.75, 3.05) is 26.2 Å². The smallest absolute Gasteiger partial charge is 0.336 e. The van der Waals surface area contributed by atoms with Crippen molar-refractivity contribution in [3.05, 3.63) is 83.2 Å². The van der Waals surface area contributed by atoms with Crippen molar-refractivity contribution >= 4 is 16.8 Å². The van der Waals surface area contributed by atoms with Crippen LogP contribution in [0.25, 0.3) is 22.2 Å². The predicted molar refractivity (Wildman–Crippen MR) is 131 cm³/mol. The fourth-order valence-corrected chi connectivity index (χ4v) is 4.73. The van der Waals surface area contributed by atoms with Gasteiger partial charge in [0.2, 0.25) is 0 Å². The highest BCUT2D eigenvalue weighted by atomic mass is 19.4. The monoisotopic (exact) mass is 493 g/mol. The second-order valence-corrected chi connectivity index (χ2v) is 9.14. The summed E-state index contributed by atoms with van der Waals surface area (Å²) in [6, 6.07) is 14.9. The van der Waals surface area contributed by atoms with Gasteiger partial charge in [0, 0.05) is 56.9 Å². The summed E-state index contributed by atoms with van der Waals surface area (Å²) in [5.41, 5.74) is 3.71. The zero-order chi connectivity index (χ0) is 25.4. The summed E-state index contributed by atoms with van der Waals surface area (Å²) in [6.07, 6.45) is -2.46. The maximum Gasteiger partial charge on any atom is 0.416 e. The second kappa shape index (κ2) is 9.39. The molecule has 1 amide bonds. The normalized spacial score (nSPS) is 15.0. The van der Waals surface area contributed by atoms with Gasteiger partial charge < -0.3 is 4.90 Å². The molecule has 0 N–H and O–H groups in total. The van der Waals surface area contributed by atoms with E-state index in [1.54, 1.807) is 10.7 Å². The molecule has 2 aromatic heterocycles. The standard InChI is InChI=1S/C27H26F3N5O/c1-18-23(17-33(2)32-18)25-15-22(21-8-3-4-9-24(21)31-25)26(36)35-12-10-34(11-13-35)16-19-6-5-7-20(14-19)27(28,29)30/h3-9,14-15,17H,10-13,16H2,1-2H3. The zero-order valence-electron chi connectivity index (χ0n) is 20.1. The summed E-state index contributed by atoms with van der Waals surface area (Å²) in [7, 11) is 1.85. The number of carbonyl (C=O) groups is 1. The lowest BCUT2D eigenvalue weighted by Gasteiger charge is -2.35. The third kappa shape index (κ3) is 4.83. The number of para-hydroxylation sites is 1. The molecule has 186 valence electrons. The second-order valence-electron chi connectivity index (χ2n) is 9.14. The number of rotatable bonds is 4. The Morgan fingerprint density at radius 2 is 1.75 bits per heavy atom. The van der Waals surface area contributed by atoms with Gasteiger partial charge >= 0.3 is 6.18 Å². The van der Waals surface area contributed by atoms with Gasteiger partial charge in [-0.1, -0.05) is 36.4 Å². The van der Waals surface area contributed by atoms with Crippen LogP contribution in [-0.4, -0.2) is 56.7 Å². The van der Waals surface area contributed by atoms with Crippen molar-refractivity contribution in [1.82, 2.24) is 24.6 Å². The molecule has 36 heavy (non-hydrogen) atoms. The average Bonchev–Trinajstić information content (AvgIpc) is 3.20. The first-order valence-electron chi connectivity index (χ1n) is 11.8. The van der Waals surface area contributed by atoms with Gasteiger partial charge in [0.25, 0.3) is 5.91 Å². The van der Waals surface area contributed by atoms with Crippen molar-refractivity contribution < 1.29 is 18.0 Å². The van der Waals surface area contributed by atoms with Crippen LogP contribution in [0.4, 0.5) is 13.2 Å². The molecule has 4 aromatic rings. The highest BCUT2D eigenvalue weighted by Crippen LogP contribution is 2.30. The Hall–Kier alpha value is -3.72. The predicted octanol–water partition coefficient (Wildman–Crippen LogP) is 4.92. The molecule has 0 aliphatic carbocycles. The Kier molecular flexibility index (Phi) is 6.26. The Morgan fingerprint density at radius 1 is 1.00 bits per heavy atom. The van der Waals surface area contributed by atoms with E-state index in [-0.39, 0.29) is 5.91 Å². The lowest BCUT2D eigenvalue weighted by molar-refractivity contribution is -0.137. The van der Waals surface area contributed by atoms with Gasteiger partial charge in [-0.2, -0.15) is 18.3 Å². The molecule has 6 nitrogen and oxygen atoms in total. The van der Waals surface area contributed by atoms with E-state index in [1.807, 2.05) is 55.4 Å². The Bertz CT molecular complexity index is 1420. The van der Waals surface area contributed by atoms with Gasteiger partial charge in [-0.15, -0.1) is 0 Å². The Balaban J connectivity index is 1.35. The number of benzene rings is 2. The van der Waals surface area contributed by atoms with E-state index in [4.69, 9.17) is 4.98 Å². The van der Waals surface area contributed by atoms with Crippen molar-refractivity contribution in [1.29, 1.82) is 0 Å². The molecule has 0 saturated carbocycles. The molecule has 0 unspecified atom stereocenters. The summed E-state index contributed by atoms with van der Waals surface area (Å²) in [5.74, 6) is -0.0740. The van der Waals surface area contributed by atoms with Gasteiger partial charge in [-0.3, -0.25) is 14.4 Å². The van der Waals surface area contributed by atoms with Crippen molar-refractivity contribution in [2.24, 2.45) is 7.05 Å². The maximum atomic E-state index is 13.6. The van der Waals surface area contributed by atoms with Gasteiger partial charge in [-0.05, 0) is 30.7 Å². The largest absolute Gasteiger partial charge is 0.416 e. The molecule has 0 bridgehead atoms. The summed E-state index contributed by atoms with van der Waals surface area (Å²) in [4.78, 5) is 22.3. The van der Waals surface area contributed by atoms with E-state index < -0.39 is 11.7 Å². The molecular formula is C27H26F3N5O. The van der Waals surface area contributed by atoms with Crippen LogP contribution >= 0.6 is 0 Å². The molecular weight excluding hydrogens is 467 g/mol. The van der Waals surface area contributed by atoms with E-state index in [9.17, 15) is 18.0 Å². The number of nitrogens with zero attached hydrogens (tertiary/aromatic N) is 5. The molecule has 9 heteroatoms. The van der Waals surface area contributed by atoms with E-state index in [2.05, 4.69) is 10.00 Å². The SMILES string of the molecule is Cc1nn(C)cc1-c1cc(C(=O)N2CCN(Cc3cccc(C(F)(F)F)c3)CC2)c2ccccc2n1. The summed E-state index contributed by atoms with van der Waals surface area (Å²) < 4.78 is 40.9. The van der Waals surface area contributed by atoms with Crippen LogP contribution in [0.15, 0.2) is 60.8 Å². The topological polar surface area (TPSA) is 54.3 Å². The lowest BCUT2D eigenvalue weighted by atomic mass is 10.0. The average molecular weight is 494 g/mol. The zero-order valence-corrected chi connectivity index (χ0v) is 20.1.